The monoisotopic (exact) mass is 216 g/mol. The van der Waals surface area contributed by atoms with Crippen molar-refractivity contribution >= 4 is 12.0 Å². The summed E-state index contributed by atoms with van der Waals surface area (Å²) < 4.78 is 4.65. The molecule has 15 heavy (non-hydrogen) atoms. The van der Waals surface area contributed by atoms with Crippen LogP contribution in [0.15, 0.2) is 0 Å². The smallest absolute Gasteiger partial charge is 0.416 e. The Morgan fingerprint density at radius 3 is 2.87 bits per heavy atom. The van der Waals surface area contributed by atoms with Crippen LogP contribution in [0.5, 0.6) is 0 Å². The SMILES string of the molecule is CC(CO)N(C)CC(=O)N1CCOC1=O. The Balaban J connectivity index is 2.44. The molecular formula is C9H16N2O4. The van der Waals surface area contributed by atoms with E-state index in [4.69, 9.17) is 5.11 Å². The van der Waals surface area contributed by atoms with Crippen LogP contribution in [0.3, 0.4) is 0 Å². The lowest BCUT2D eigenvalue weighted by Gasteiger charge is -2.23. The van der Waals surface area contributed by atoms with Crippen LogP contribution in [0.2, 0.25) is 0 Å². The van der Waals surface area contributed by atoms with Crippen molar-refractivity contribution in [1.82, 2.24) is 9.80 Å². The molecule has 1 rings (SSSR count). The summed E-state index contributed by atoms with van der Waals surface area (Å²) in [6.07, 6.45) is -0.579. The molecule has 0 saturated carbocycles. The summed E-state index contributed by atoms with van der Waals surface area (Å²) in [7, 11) is 1.72. The van der Waals surface area contributed by atoms with Gasteiger partial charge in [-0.2, -0.15) is 0 Å². The quantitative estimate of drug-likeness (QED) is 0.671. The van der Waals surface area contributed by atoms with Gasteiger partial charge in [-0.3, -0.25) is 9.69 Å². The van der Waals surface area contributed by atoms with Crippen molar-refractivity contribution in [3.8, 4) is 0 Å². The second kappa shape index (κ2) is 5.09. The third-order valence-corrected chi connectivity index (χ3v) is 2.46. The summed E-state index contributed by atoms with van der Waals surface area (Å²) in [5, 5.41) is 8.88. The second-order valence-corrected chi connectivity index (χ2v) is 3.61. The molecule has 0 aromatic rings. The molecule has 1 N–H and O–H groups in total. The molecule has 0 bridgehead atoms. The van der Waals surface area contributed by atoms with Crippen LogP contribution in [0.25, 0.3) is 0 Å². The fourth-order valence-corrected chi connectivity index (χ4v) is 1.21. The molecule has 1 unspecified atom stereocenters. The molecule has 2 amide bonds. The maximum Gasteiger partial charge on any atom is 0.416 e. The van der Waals surface area contributed by atoms with Crippen LogP contribution in [0.4, 0.5) is 4.79 Å². The predicted octanol–water partition coefficient (Wildman–Crippen LogP) is -0.722. The number of imide groups is 1. The number of rotatable bonds is 4. The van der Waals surface area contributed by atoms with Gasteiger partial charge >= 0.3 is 6.09 Å². The van der Waals surface area contributed by atoms with E-state index in [1.807, 2.05) is 0 Å². The van der Waals surface area contributed by atoms with Crippen LogP contribution in [-0.2, 0) is 9.53 Å². The van der Waals surface area contributed by atoms with Crippen molar-refractivity contribution in [1.29, 1.82) is 0 Å². The fourth-order valence-electron chi connectivity index (χ4n) is 1.21. The molecule has 0 spiro atoms. The van der Waals surface area contributed by atoms with Gasteiger partial charge in [0.15, 0.2) is 0 Å². The molecule has 0 aliphatic carbocycles. The van der Waals surface area contributed by atoms with Gasteiger partial charge in [-0.25, -0.2) is 9.69 Å². The average Bonchev–Trinajstić information content (AvgIpc) is 2.63. The molecule has 1 atom stereocenters. The van der Waals surface area contributed by atoms with Crippen molar-refractivity contribution in [2.24, 2.45) is 0 Å². The first-order valence-electron chi connectivity index (χ1n) is 4.84. The first-order valence-corrected chi connectivity index (χ1v) is 4.84. The number of nitrogens with zero attached hydrogens (tertiary/aromatic N) is 2. The van der Waals surface area contributed by atoms with Crippen molar-refractivity contribution in [3.05, 3.63) is 0 Å². The van der Waals surface area contributed by atoms with E-state index in [0.717, 1.165) is 4.90 Å². The third kappa shape index (κ3) is 2.90. The Morgan fingerprint density at radius 1 is 1.73 bits per heavy atom. The van der Waals surface area contributed by atoms with E-state index in [-0.39, 0.29) is 31.7 Å². The lowest BCUT2D eigenvalue weighted by molar-refractivity contribution is -0.129. The van der Waals surface area contributed by atoms with Gasteiger partial charge in [-0.15, -0.1) is 0 Å². The Kier molecular flexibility index (Phi) is 4.05. The van der Waals surface area contributed by atoms with Gasteiger partial charge < -0.3 is 9.84 Å². The van der Waals surface area contributed by atoms with E-state index in [1.165, 1.54) is 0 Å². The number of ether oxygens (including phenoxy) is 1. The number of carbonyl (C=O) groups is 2. The minimum absolute atomic E-state index is 0.0196. The number of aliphatic hydroxyl groups is 1. The first-order chi connectivity index (χ1) is 7.06. The molecule has 1 fully saturated rings. The summed E-state index contributed by atoms with van der Waals surface area (Å²) in [4.78, 5) is 25.4. The minimum atomic E-state index is -0.579. The predicted molar refractivity (Wildman–Crippen MR) is 52.2 cm³/mol. The normalized spacial score (nSPS) is 18.1. The van der Waals surface area contributed by atoms with E-state index in [9.17, 15) is 9.59 Å². The summed E-state index contributed by atoms with van der Waals surface area (Å²) in [5.74, 6) is -0.291. The van der Waals surface area contributed by atoms with E-state index in [1.54, 1.807) is 18.9 Å². The molecule has 1 saturated heterocycles. The van der Waals surface area contributed by atoms with Gasteiger partial charge in [-0.1, -0.05) is 0 Å². The summed E-state index contributed by atoms with van der Waals surface area (Å²) in [6, 6.07) is -0.104. The lowest BCUT2D eigenvalue weighted by atomic mass is 10.3. The fraction of sp³-hybridized carbons (Fsp3) is 0.778. The largest absolute Gasteiger partial charge is 0.447 e. The van der Waals surface area contributed by atoms with Gasteiger partial charge in [0.2, 0.25) is 5.91 Å². The molecule has 0 radical (unpaired) electrons. The summed E-state index contributed by atoms with van der Waals surface area (Å²) in [6.45, 7) is 2.48. The van der Waals surface area contributed by atoms with Gasteiger partial charge in [0, 0.05) is 6.04 Å². The number of carbonyl (C=O) groups excluding carboxylic acids is 2. The van der Waals surface area contributed by atoms with Crippen LogP contribution >= 0.6 is 0 Å². The molecular weight excluding hydrogens is 200 g/mol. The van der Waals surface area contributed by atoms with Gasteiger partial charge in [-0.05, 0) is 14.0 Å². The Morgan fingerprint density at radius 2 is 2.40 bits per heavy atom. The van der Waals surface area contributed by atoms with E-state index < -0.39 is 6.09 Å². The Hall–Kier alpha value is -1.14. The van der Waals surface area contributed by atoms with Crippen LogP contribution in [-0.4, -0.2) is 66.3 Å². The van der Waals surface area contributed by atoms with Gasteiger partial charge in [0.05, 0.1) is 19.7 Å². The highest BCUT2D eigenvalue weighted by Gasteiger charge is 2.29. The topological polar surface area (TPSA) is 70.1 Å². The maximum atomic E-state index is 11.6. The highest BCUT2D eigenvalue weighted by molar-refractivity contribution is 5.93. The van der Waals surface area contributed by atoms with E-state index in [0.29, 0.717) is 6.54 Å². The molecule has 6 nitrogen and oxygen atoms in total. The van der Waals surface area contributed by atoms with Crippen LogP contribution in [0.1, 0.15) is 6.92 Å². The molecule has 86 valence electrons. The number of hydrogen-bond donors (Lipinski definition) is 1. The van der Waals surface area contributed by atoms with Crippen molar-refractivity contribution in [3.63, 3.8) is 0 Å². The maximum absolute atomic E-state index is 11.6. The Labute approximate surface area is 88.4 Å². The van der Waals surface area contributed by atoms with E-state index in [2.05, 4.69) is 4.74 Å². The zero-order valence-electron chi connectivity index (χ0n) is 8.97. The molecule has 6 heteroatoms. The standard InChI is InChI=1S/C9H16N2O4/c1-7(6-12)10(2)5-8(13)11-3-4-15-9(11)14/h7,12H,3-6H2,1-2H3. The molecule has 0 aromatic carbocycles. The Bertz CT molecular complexity index is 256. The molecule has 1 aliphatic rings. The number of hydrogen-bond acceptors (Lipinski definition) is 5. The zero-order valence-corrected chi connectivity index (χ0v) is 8.97. The number of likely N-dealkylation sites (N-methyl/N-ethyl adjacent to an activating group) is 1. The second-order valence-electron chi connectivity index (χ2n) is 3.61. The number of cyclic esters (lactones) is 1. The van der Waals surface area contributed by atoms with Crippen molar-refractivity contribution in [2.75, 3.05) is 33.4 Å². The molecule has 1 heterocycles. The van der Waals surface area contributed by atoms with Gasteiger partial charge in [0.1, 0.15) is 6.61 Å². The molecule has 0 aromatic heterocycles. The van der Waals surface area contributed by atoms with Crippen molar-refractivity contribution < 1.29 is 19.4 Å². The summed E-state index contributed by atoms with van der Waals surface area (Å²) >= 11 is 0. The number of amides is 2. The highest BCUT2D eigenvalue weighted by atomic mass is 16.6. The van der Waals surface area contributed by atoms with E-state index >= 15 is 0 Å². The zero-order chi connectivity index (χ0) is 11.4. The lowest BCUT2D eigenvalue weighted by Crippen LogP contribution is -2.43. The first kappa shape index (κ1) is 11.9. The highest BCUT2D eigenvalue weighted by Crippen LogP contribution is 2.05. The van der Waals surface area contributed by atoms with Crippen molar-refractivity contribution in [2.45, 2.75) is 13.0 Å². The van der Waals surface area contributed by atoms with Crippen LogP contribution < -0.4 is 0 Å². The van der Waals surface area contributed by atoms with Gasteiger partial charge in [0.25, 0.3) is 0 Å². The van der Waals surface area contributed by atoms with Crippen LogP contribution in [0, 0.1) is 0 Å². The number of aliphatic hydroxyl groups excluding tert-OH is 1. The third-order valence-electron chi connectivity index (χ3n) is 2.46. The average molecular weight is 216 g/mol. The summed E-state index contributed by atoms with van der Waals surface area (Å²) in [5.41, 5.74) is 0. The minimum Gasteiger partial charge on any atom is -0.447 e. The molecule has 1 aliphatic heterocycles.